The minimum Gasteiger partial charge on any atom is -0.464 e. The molecule has 0 aliphatic heterocycles. The van der Waals surface area contributed by atoms with E-state index in [2.05, 4.69) is 15.5 Å². The van der Waals surface area contributed by atoms with Crippen LogP contribution in [-0.4, -0.2) is 18.1 Å². The molecular weight excluding hydrogens is 192 g/mol. The van der Waals surface area contributed by atoms with Crippen LogP contribution in [0.3, 0.4) is 0 Å². The first-order valence-corrected chi connectivity index (χ1v) is 4.71. The summed E-state index contributed by atoms with van der Waals surface area (Å²) >= 11 is 0. The molecule has 4 N–H and O–H groups in total. The number of carbonyl (C=O) groups excluding carboxylic acids is 1. The summed E-state index contributed by atoms with van der Waals surface area (Å²) in [5, 5.41) is 1.02. The molecule has 0 fully saturated rings. The van der Waals surface area contributed by atoms with Gasteiger partial charge in [0, 0.05) is 22.7 Å². The zero-order valence-corrected chi connectivity index (χ0v) is 8.49. The number of nitrogens with one attached hydrogen (secondary N) is 1. The van der Waals surface area contributed by atoms with E-state index in [1.165, 1.54) is 7.11 Å². The number of para-hydroxylation sites is 1. The molecule has 0 unspecified atom stereocenters. The van der Waals surface area contributed by atoms with Crippen LogP contribution in [0.25, 0.3) is 10.9 Å². The highest BCUT2D eigenvalue weighted by molar-refractivity contribution is 5.88. The van der Waals surface area contributed by atoms with Gasteiger partial charge in [0.15, 0.2) is 0 Å². The van der Waals surface area contributed by atoms with Crippen molar-refractivity contribution in [1.82, 2.24) is 4.98 Å². The number of aromatic amines is 1. The number of rotatable bonds is 2. The van der Waals surface area contributed by atoms with Crippen LogP contribution in [0.15, 0.2) is 30.5 Å². The molecule has 15 heavy (non-hydrogen) atoms. The number of carbonyl (C=O) groups is 1. The molecule has 0 radical (unpaired) electrons. The molecule has 4 nitrogen and oxygen atoms in total. The van der Waals surface area contributed by atoms with Crippen LogP contribution in [0.1, 0.15) is 11.6 Å². The van der Waals surface area contributed by atoms with E-state index in [1.807, 2.05) is 24.3 Å². The minimum atomic E-state index is -0.480. The van der Waals surface area contributed by atoms with Crippen LogP contribution in [0.5, 0.6) is 0 Å². The van der Waals surface area contributed by atoms with Crippen LogP contribution < -0.4 is 5.73 Å². The molecule has 0 saturated heterocycles. The summed E-state index contributed by atoms with van der Waals surface area (Å²) in [5.41, 5.74) is 5.68. The first-order chi connectivity index (χ1) is 7.24. The lowest BCUT2D eigenvalue weighted by Crippen LogP contribution is -2.57. The number of hydrogen-bond donors (Lipinski definition) is 2. The first-order valence-electron chi connectivity index (χ1n) is 4.71. The molecule has 1 atom stereocenters. The van der Waals surface area contributed by atoms with E-state index >= 15 is 0 Å². The van der Waals surface area contributed by atoms with E-state index in [9.17, 15) is 4.79 Å². The van der Waals surface area contributed by atoms with Crippen molar-refractivity contribution < 1.29 is 15.3 Å². The molecule has 2 rings (SSSR count). The van der Waals surface area contributed by atoms with Crippen molar-refractivity contribution in [2.75, 3.05) is 7.11 Å². The summed E-state index contributed by atoms with van der Waals surface area (Å²) in [6.45, 7) is 0. The van der Waals surface area contributed by atoms with Crippen LogP contribution in [0.4, 0.5) is 0 Å². The maximum absolute atomic E-state index is 11.4. The third-order valence-electron chi connectivity index (χ3n) is 2.48. The highest BCUT2D eigenvalue weighted by atomic mass is 16.5. The van der Waals surface area contributed by atoms with E-state index in [4.69, 9.17) is 0 Å². The van der Waals surface area contributed by atoms with Gasteiger partial charge in [0.25, 0.3) is 0 Å². The molecule has 0 saturated carbocycles. The topological polar surface area (TPSA) is 69.7 Å². The molecule has 4 heteroatoms. The van der Waals surface area contributed by atoms with Crippen molar-refractivity contribution in [2.45, 2.75) is 6.04 Å². The number of aromatic nitrogens is 1. The van der Waals surface area contributed by atoms with Gasteiger partial charge < -0.3 is 15.5 Å². The Morgan fingerprint density at radius 1 is 1.47 bits per heavy atom. The summed E-state index contributed by atoms with van der Waals surface area (Å²) in [6, 6.07) is 7.32. The van der Waals surface area contributed by atoms with E-state index in [1.54, 1.807) is 6.20 Å². The Labute approximate surface area is 87.0 Å². The van der Waals surface area contributed by atoms with E-state index in [0.717, 1.165) is 16.5 Å². The summed E-state index contributed by atoms with van der Waals surface area (Å²) in [4.78, 5) is 14.5. The Balaban J connectivity index is 2.48. The van der Waals surface area contributed by atoms with Gasteiger partial charge in [-0.25, -0.2) is 4.79 Å². The minimum absolute atomic E-state index is 0.320. The standard InChI is InChI=1S/C11H12N2O2/c1-15-11(14)10(12)8-6-13-9-5-3-2-4-7(8)9/h2-6,10,13H,12H2,1H3/p+1/t10-/m1/s1. The van der Waals surface area contributed by atoms with E-state index < -0.39 is 6.04 Å². The van der Waals surface area contributed by atoms with Crippen molar-refractivity contribution >= 4 is 16.9 Å². The highest BCUT2D eigenvalue weighted by Crippen LogP contribution is 2.22. The fourth-order valence-corrected chi connectivity index (χ4v) is 1.65. The Morgan fingerprint density at radius 2 is 2.20 bits per heavy atom. The molecule has 0 amide bonds. The second-order valence-electron chi connectivity index (χ2n) is 3.37. The van der Waals surface area contributed by atoms with Crippen LogP contribution >= 0.6 is 0 Å². The number of methoxy groups -OCH3 is 1. The first kappa shape index (κ1) is 9.73. The molecule has 0 spiro atoms. The lowest BCUT2D eigenvalue weighted by atomic mass is 10.1. The van der Waals surface area contributed by atoms with Crippen molar-refractivity contribution in [3.05, 3.63) is 36.0 Å². The summed E-state index contributed by atoms with van der Waals surface area (Å²) in [6.07, 6.45) is 1.80. The zero-order chi connectivity index (χ0) is 10.8. The highest BCUT2D eigenvalue weighted by Gasteiger charge is 2.23. The van der Waals surface area contributed by atoms with Crippen molar-refractivity contribution in [3.8, 4) is 0 Å². The Morgan fingerprint density at radius 3 is 2.93 bits per heavy atom. The lowest BCUT2D eigenvalue weighted by Gasteiger charge is -2.04. The van der Waals surface area contributed by atoms with Gasteiger partial charge >= 0.3 is 5.97 Å². The van der Waals surface area contributed by atoms with Gasteiger partial charge in [-0.2, -0.15) is 0 Å². The van der Waals surface area contributed by atoms with Gasteiger partial charge in [-0.15, -0.1) is 0 Å². The number of H-pyrrole nitrogens is 1. The Kier molecular flexibility index (Phi) is 2.43. The second kappa shape index (κ2) is 3.74. The zero-order valence-electron chi connectivity index (χ0n) is 8.49. The van der Waals surface area contributed by atoms with Gasteiger partial charge in [0.1, 0.15) is 0 Å². The molecule has 1 heterocycles. The molecule has 78 valence electrons. The molecule has 1 aromatic heterocycles. The van der Waals surface area contributed by atoms with Gasteiger partial charge in [0.05, 0.1) is 7.11 Å². The number of fused-ring (bicyclic) bond motifs is 1. The fraction of sp³-hybridized carbons (Fsp3) is 0.182. The summed E-state index contributed by atoms with van der Waals surface area (Å²) < 4.78 is 4.67. The average Bonchev–Trinajstić information content (AvgIpc) is 2.70. The molecule has 0 bridgehead atoms. The average molecular weight is 205 g/mol. The van der Waals surface area contributed by atoms with Crippen molar-refractivity contribution in [3.63, 3.8) is 0 Å². The van der Waals surface area contributed by atoms with Gasteiger partial charge in [-0.1, -0.05) is 18.2 Å². The maximum atomic E-state index is 11.4. The Bertz CT molecular complexity index is 490. The fourth-order valence-electron chi connectivity index (χ4n) is 1.65. The summed E-state index contributed by atoms with van der Waals surface area (Å²) in [5.74, 6) is -0.320. The van der Waals surface area contributed by atoms with Gasteiger partial charge in [-0.3, -0.25) is 0 Å². The SMILES string of the molecule is COC(=O)[C@H]([NH3+])c1c[nH]c2ccccc12. The number of ether oxygens (including phenoxy) is 1. The van der Waals surface area contributed by atoms with E-state index in [0.29, 0.717) is 0 Å². The number of esters is 1. The molecule has 0 aliphatic rings. The molecule has 2 aromatic rings. The quantitative estimate of drug-likeness (QED) is 0.706. The third kappa shape index (κ3) is 1.59. The maximum Gasteiger partial charge on any atom is 0.369 e. The number of quaternary nitrogens is 1. The van der Waals surface area contributed by atoms with Crippen molar-refractivity contribution in [2.24, 2.45) is 0 Å². The van der Waals surface area contributed by atoms with Gasteiger partial charge in [-0.05, 0) is 6.07 Å². The number of hydrogen-bond acceptors (Lipinski definition) is 2. The molecule has 0 aliphatic carbocycles. The van der Waals surface area contributed by atoms with Crippen LogP contribution in [-0.2, 0) is 9.53 Å². The lowest BCUT2D eigenvalue weighted by molar-refractivity contribution is -0.413. The Hall–Kier alpha value is -1.81. The van der Waals surface area contributed by atoms with E-state index in [-0.39, 0.29) is 5.97 Å². The summed E-state index contributed by atoms with van der Waals surface area (Å²) in [7, 11) is 1.37. The number of benzene rings is 1. The second-order valence-corrected chi connectivity index (χ2v) is 3.37. The van der Waals surface area contributed by atoms with Gasteiger partial charge in [0.2, 0.25) is 6.04 Å². The predicted octanol–water partition coefficient (Wildman–Crippen LogP) is 0.624. The molecular formula is C11H13N2O2+. The smallest absolute Gasteiger partial charge is 0.369 e. The molecule has 1 aromatic carbocycles. The normalized spacial score (nSPS) is 12.7. The van der Waals surface area contributed by atoms with Crippen LogP contribution in [0, 0.1) is 0 Å². The largest absolute Gasteiger partial charge is 0.464 e. The monoisotopic (exact) mass is 205 g/mol. The van der Waals surface area contributed by atoms with Crippen LogP contribution in [0.2, 0.25) is 0 Å². The van der Waals surface area contributed by atoms with Crippen molar-refractivity contribution in [1.29, 1.82) is 0 Å². The third-order valence-corrected chi connectivity index (χ3v) is 2.48. The predicted molar refractivity (Wildman–Crippen MR) is 55.9 cm³/mol.